The fourth-order valence-corrected chi connectivity index (χ4v) is 5.12. The molecule has 1 amide bonds. The van der Waals surface area contributed by atoms with Gasteiger partial charge in [0.2, 0.25) is 10.0 Å². The lowest BCUT2D eigenvalue weighted by molar-refractivity contribution is 0.0984. The first-order valence-electron chi connectivity index (χ1n) is 8.78. The second-order valence-corrected chi connectivity index (χ2v) is 8.49. The van der Waals surface area contributed by atoms with Gasteiger partial charge in [-0.15, -0.1) is 0 Å². The third kappa shape index (κ3) is 2.99. The number of nitrogens with zero attached hydrogens (tertiary/aromatic N) is 4. The van der Waals surface area contributed by atoms with Crippen LogP contribution in [0.2, 0.25) is 0 Å². The monoisotopic (exact) mass is 372 g/mol. The van der Waals surface area contributed by atoms with E-state index in [-0.39, 0.29) is 11.6 Å². The molecule has 0 unspecified atom stereocenters. The normalized spacial score (nSPS) is 17.9. The molecule has 0 saturated carbocycles. The van der Waals surface area contributed by atoms with E-state index in [1.54, 1.807) is 27.4 Å². The van der Waals surface area contributed by atoms with Gasteiger partial charge in [0.1, 0.15) is 5.69 Å². The van der Waals surface area contributed by atoms with E-state index in [2.05, 4.69) is 9.97 Å². The van der Waals surface area contributed by atoms with Crippen molar-refractivity contribution in [3.63, 3.8) is 0 Å². The highest BCUT2D eigenvalue weighted by Gasteiger charge is 2.30. The minimum atomic E-state index is -3.47. The van der Waals surface area contributed by atoms with Crippen molar-refractivity contribution >= 4 is 21.6 Å². The summed E-state index contributed by atoms with van der Waals surface area (Å²) in [4.78, 5) is 22.6. The Bertz CT molecular complexity index is 925. The van der Waals surface area contributed by atoms with E-state index in [4.69, 9.17) is 0 Å². The maximum atomic E-state index is 12.9. The summed E-state index contributed by atoms with van der Waals surface area (Å²) in [5.74, 6) is -0.219. The highest BCUT2D eigenvalue weighted by molar-refractivity contribution is 7.89. The summed E-state index contributed by atoms with van der Waals surface area (Å²) in [7, 11) is -3.47. The molecule has 2 aromatic rings. The van der Waals surface area contributed by atoms with Crippen molar-refractivity contribution in [2.75, 3.05) is 24.5 Å². The molecule has 1 aromatic heterocycles. The topological polar surface area (TPSA) is 83.5 Å². The lowest BCUT2D eigenvalue weighted by atomic mass is 10.2. The fourth-order valence-electron chi connectivity index (χ4n) is 3.55. The molecular formula is C18H20N4O3S. The molecule has 0 N–H and O–H groups in total. The SMILES string of the molecule is O=C(c1cnccn1)N1CCc2cc(S(=O)(=O)N3CCCCC3)ccc21. The van der Waals surface area contributed by atoms with Gasteiger partial charge in [0.15, 0.2) is 0 Å². The molecule has 0 spiro atoms. The van der Waals surface area contributed by atoms with Gasteiger partial charge in [0.05, 0.1) is 11.1 Å². The Morgan fingerprint density at radius 1 is 1.04 bits per heavy atom. The summed E-state index contributed by atoms with van der Waals surface area (Å²) in [5.41, 5.74) is 1.91. The molecule has 26 heavy (non-hydrogen) atoms. The number of rotatable bonds is 3. The zero-order valence-electron chi connectivity index (χ0n) is 14.3. The number of hydrogen-bond acceptors (Lipinski definition) is 5. The van der Waals surface area contributed by atoms with Crippen LogP contribution in [0.25, 0.3) is 0 Å². The molecule has 1 saturated heterocycles. The summed E-state index contributed by atoms with van der Waals surface area (Å²) >= 11 is 0. The zero-order valence-corrected chi connectivity index (χ0v) is 15.2. The number of anilines is 1. The van der Waals surface area contributed by atoms with Crippen LogP contribution in [0.1, 0.15) is 35.3 Å². The summed E-state index contributed by atoms with van der Waals surface area (Å²) in [5, 5.41) is 0. The number of fused-ring (bicyclic) bond motifs is 1. The second-order valence-electron chi connectivity index (χ2n) is 6.55. The van der Waals surface area contributed by atoms with Crippen LogP contribution in [-0.2, 0) is 16.4 Å². The van der Waals surface area contributed by atoms with Crippen LogP contribution < -0.4 is 4.90 Å². The average Bonchev–Trinajstić information content (AvgIpc) is 3.12. The van der Waals surface area contributed by atoms with Crippen LogP contribution in [0, 0.1) is 0 Å². The Balaban J connectivity index is 1.62. The van der Waals surface area contributed by atoms with Crippen LogP contribution >= 0.6 is 0 Å². The number of carbonyl (C=O) groups excluding carboxylic acids is 1. The Kier molecular flexibility index (Phi) is 4.46. The Hall–Kier alpha value is -2.32. The number of aromatic nitrogens is 2. The fraction of sp³-hybridized carbons (Fsp3) is 0.389. The van der Waals surface area contributed by atoms with E-state index in [0.717, 1.165) is 30.5 Å². The molecule has 2 aliphatic rings. The molecule has 3 heterocycles. The van der Waals surface area contributed by atoms with Gasteiger partial charge in [0.25, 0.3) is 5.91 Å². The van der Waals surface area contributed by atoms with Crippen LogP contribution in [0.4, 0.5) is 5.69 Å². The van der Waals surface area contributed by atoms with E-state index in [1.165, 1.54) is 18.6 Å². The minimum absolute atomic E-state index is 0.219. The first-order valence-corrected chi connectivity index (χ1v) is 10.2. The van der Waals surface area contributed by atoms with Gasteiger partial charge in [-0.05, 0) is 43.0 Å². The smallest absolute Gasteiger partial charge is 0.278 e. The van der Waals surface area contributed by atoms with Crippen molar-refractivity contribution < 1.29 is 13.2 Å². The predicted molar refractivity (Wildman–Crippen MR) is 96.5 cm³/mol. The molecule has 0 aliphatic carbocycles. The van der Waals surface area contributed by atoms with Crippen LogP contribution in [0.5, 0.6) is 0 Å². The molecule has 0 atom stereocenters. The second kappa shape index (κ2) is 6.77. The van der Waals surface area contributed by atoms with Crippen molar-refractivity contribution in [2.24, 2.45) is 0 Å². The highest BCUT2D eigenvalue weighted by Crippen LogP contribution is 2.32. The highest BCUT2D eigenvalue weighted by atomic mass is 32.2. The minimum Gasteiger partial charge on any atom is -0.306 e. The Labute approximate surface area is 152 Å². The molecule has 0 bridgehead atoms. The molecule has 1 aromatic carbocycles. The maximum absolute atomic E-state index is 12.9. The van der Waals surface area contributed by atoms with Crippen LogP contribution in [0.3, 0.4) is 0 Å². The first kappa shape index (κ1) is 17.1. The third-order valence-corrected chi connectivity index (χ3v) is 6.82. The lowest BCUT2D eigenvalue weighted by Crippen LogP contribution is -2.35. The van der Waals surface area contributed by atoms with E-state index in [0.29, 0.717) is 31.0 Å². The number of sulfonamides is 1. The maximum Gasteiger partial charge on any atom is 0.278 e. The molecule has 136 valence electrons. The van der Waals surface area contributed by atoms with Crippen molar-refractivity contribution in [1.82, 2.24) is 14.3 Å². The average molecular weight is 372 g/mol. The molecule has 4 rings (SSSR count). The van der Waals surface area contributed by atoms with Crippen molar-refractivity contribution in [3.8, 4) is 0 Å². The van der Waals surface area contributed by atoms with E-state index >= 15 is 0 Å². The summed E-state index contributed by atoms with van der Waals surface area (Å²) in [6, 6.07) is 5.04. The van der Waals surface area contributed by atoms with Crippen LogP contribution in [-0.4, -0.2) is 48.2 Å². The van der Waals surface area contributed by atoms with Crippen LogP contribution in [0.15, 0.2) is 41.7 Å². The van der Waals surface area contributed by atoms with Gasteiger partial charge in [-0.3, -0.25) is 9.78 Å². The predicted octanol–water partition coefficient (Wildman–Crippen LogP) is 1.85. The molecule has 1 fully saturated rings. The van der Waals surface area contributed by atoms with Gasteiger partial charge in [-0.2, -0.15) is 4.31 Å². The van der Waals surface area contributed by atoms with Crippen molar-refractivity contribution in [2.45, 2.75) is 30.6 Å². The van der Waals surface area contributed by atoms with E-state index in [1.807, 2.05) is 0 Å². The molecule has 2 aliphatic heterocycles. The van der Waals surface area contributed by atoms with Gasteiger partial charge < -0.3 is 4.90 Å². The summed E-state index contributed by atoms with van der Waals surface area (Å²) in [6.07, 6.45) is 7.97. The molecule has 8 heteroatoms. The van der Waals surface area contributed by atoms with Crippen molar-refractivity contribution in [3.05, 3.63) is 48.0 Å². The zero-order chi connectivity index (χ0) is 18.1. The Morgan fingerprint density at radius 3 is 2.58 bits per heavy atom. The number of amides is 1. The van der Waals surface area contributed by atoms with Gasteiger partial charge in [-0.1, -0.05) is 6.42 Å². The summed E-state index contributed by atoms with van der Waals surface area (Å²) < 4.78 is 27.3. The molecule has 7 nitrogen and oxygen atoms in total. The van der Waals surface area contributed by atoms with Gasteiger partial charge in [-0.25, -0.2) is 13.4 Å². The Morgan fingerprint density at radius 2 is 1.85 bits per heavy atom. The van der Waals surface area contributed by atoms with E-state index < -0.39 is 10.0 Å². The first-order chi connectivity index (χ1) is 12.6. The lowest BCUT2D eigenvalue weighted by Gasteiger charge is -2.26. The molecular weight excluding hydrogens is 352 g/mol. The third-order valence-electron chi connectivity index (χ3n) is 4.93. The van der Waals surface area contributed by atoms with E-state index in [9.17, 15) is 13.2 Å². The summed E-state index contributed by atoms with van der Waals surface area (Å²) in [6.45, 7) is 1.67. The van der Waals surface area contributed by atoms with Gasteiger partial charge in [0, 0.05) is 37.7 Å². The number of piperidine rings is 1. The quantitative estimate of drug-likeness (QED) is 0.821. The number of hydrogen-bond donors (Lipinski definition) is 0. The standard InChI is InChI=1S/C18H20N4O3S/c23-18(16-13-19-7-8-20-16)22-11-6-14-12-15(4-5-17(14)22)26(24,25)21-9-2-1-3-10-21/h4-5,7-8,12-13H,1-3,6,9-11H2. The van der Waals surface area contributed by atoms with Gasteiger partial charge >= 0.3 is 0 Å². The van der Waals surface area contributed by atoms with Crippen molar-refractivity contribution in [1.29, 1.82) is 0 Å². The molecule has 0 radical (unpaired) electrons. The number of carbonyl (C=O) groups is 1. The number of benzene rings is 1. The largest absolute Gasteiger partial charge is 0.306 e.